The summed E-state index contributed by atoms with van der Waals surface area (Å²) in [6.07, 6.45) is 6.32. The van der Waals surface area contributed by atoms with Crippen molar-refractivity contribution in [2.75, 3.05) is 0 Å². The predicted octanol–water partition coefficient (Wildman–Crippen LogP) is 3.70. The van der Waals surface area contributed by atoms with Crippen LogP contribution in [0.15, 0.2) is 0 Å². The molecule has 0 saturated heterocycles. The first-order valence-electron chi connectivity index (χ1n) is 6.63. The van der Waals surface area contributed by atoms with E-state index in [1.54, 1.807) is 0 Å². The Morgan fingerprint density at radius 2 is 1.88 bits per heavy atom. The molecule has 16 heavy (non-hydrogen) atoms. The molecule has 2 heteroatoms. The van der Waals surface area contributed by atoms with Crippen LogP contribution >= 0.6 is 0 Å². The second-order valence-corrected chi connectivity index (χ2v) is 6.59. The topological polar surface area (TPSA) is 37.3 Å². The van der Waals surface area contributed by atoms with Crippen molar-refractivity contribution in [2.24, 2.45) is 22.7 Å². The number of carbonyl (C=O) groups is 1. The van der Waals surface area contributed by atoms with E-state index >= 15 is 0 Å². The Bertz CT molecular complexity index is 295. The molecule has 3 unspecified atom stereocenters. The van der Waals surface area contributed by atoms with Crippen molar-refractivity contribution in [2.45, 2.75) is 59.3 Å². The van der Waals surface area contributed by atoms with E-state index in [1.165, 1.54) is 6.42 Å². The summed E-state index contributed by atoms with van der Waals surface area (Å²) in [6, 6.07) is 0. The Kier molecular flexibility index (Phi) is 2.80. The Morgan fingerprint density at radius 3 is 2.50 bits per heavy atom. The van der Waals surface area contributed by atoms with Crippen LogP contribution in [0.3, 0.4) is 0 Å². The molecule has 2 aliphatic rings. The van der Waals surface area contributed by atoms with Gasteiger partial charge in [0.2, 0.25) is 0 Å². The molecule has 1 N–H and O–H groups in total. The molecule has 0 aliphatic heterocycles. The van der Waals surface area contributed by atoms with E-state index in [0.29, 0.717) is 17.3 Å². The second kappa shape index (κ2) is 3.75. The van der Waals surface area contributed by atoms with Crippen molar-refractivity contribution in [1.29, 1.82) is 0 Å². The van der Waals surface area contributed by atoms with Crippen LogP contribution in [-0.2, 0) is 4.79 Å². The van der Waals surface area contributed by atoms with Gasteiger partial charge in [-0.05, 0) is 42.9 Å². The number of hydrogen-bond acceptors (Lipinski definition) is 1. The number of aliphatic carboxylic acids is 1. The normalized spacial score (nSPS) is 42.4. The van der Waals surface area contributed by atoms with Crippen molar-refractivity contribution in [3.63, 3.8) is 0 Å². The zero-order valence-corrected chi connectivity index (χ0v) is 10.8. The fourth-order valence-electron chi connectivity index (χ4n) is 4.00. The van der Waals surface area contributed by atoms with Gasteiger partial charge < -0.3 is 5.11 Å². The maximum absolute atomic E-state index is 11.7. The minimum atomic E-state index is -0.528. The lowest BCUT2D eigenvalue weighted by molar-refractivity contribution is -0.166. The van der Waals surface area contributed by atoms with Gasteiger partial charge in [-0.1, -0.05) is 33.6 Å². The largest absolute Gasteiger partial charge is 0.481 e. The molecule has 92 valence electrons. The molecule has 3 atom stereocenters. The molecular weight excluding hydrogens is 200 g/mol. The standard InChI is InChI=1S/C14H24O2/c1-10-11-6-4-5-7-14(11,12(15)16)9-8-13(10,2)3/h10-11H,4-9H2,1-3H3,(H,15,16). The van der Waals surface area contributed by atoms with Gasteiger partial charge in [-0.25, -0.2) is 0 Å². The molecule has 2 saturated carbocycles. The highest BCUT2D eigenvalue weighted by molar-refractivity contribution is 5.75. The van der Waals surface area contributed by atoms with Crippen molar-refractivity contribution < 1.29 is 9.90 Å². The lowest BCUT2D eigenvalue weighted by atomic mass is 9.50. The van der Waals surface area contributed by atoms with E-state index in [1.807, 2.05) is 0 Å². The van der Waals surface area contributed by atoms with Crippen molar-refractivity contribution in [3.05, 3.63) is 0 Å². The van der Waals surface area contributed by atoms with Crippen LogP contribution in [-0.4, -0.2) is 11.1 Å². The maximum atomic E-state index is 11.7. The molecule has 0 aromatic rings. The van der Waals surface area contributed by atoms with Crippen molar-refractivity contribution in [1.82, 2.24) is 0 Å². The van der Waals surface area contributed by atoms with Crippen LogP contribution in [0.25, 0.3) is 0 Å². The molecule has 0 radical (unpaired) electrons. The van der Waals surface area contributed by atoms with Gasteiger partial charge in [0.15, 0.2) is 0 Å². The highest BCUT2D eigenvalue weighted by Crippen LogP contribution is 2.58. The summed E-state index contributed by atoms with van der Waals surface area (Å²) in [6.45, 7) is 6.88. The number of fused-ring (bicyclic) bond motifs is 1. The summed E-state index contributed by atoms with van der Waals surface area (Å²) in [5.41, 5.74) is -0.0614. The first-order chi connectivity index (χ1) is 7.40. The lowest BCUT2D eigenvalue weighted by Crippen LogP contribution is -2.51. The van der Waals surface area contributed by atoms with Gasteiger partial charge in [-0.15, -0.1) is 0 Å². The van der Waals surface area contributed by atoms with Crippen LogP contribution in [0.2, 0.25) is 0 Å². The number of rotatable bonds is 1. The molecular formula is C14H24O2. The molecule has 0 spiro atoms. The molecule has 0 bridgehead atoms. The van der Waals surface area contributed by atoms with Gasteiger partial charge in [-0.3, -0.25) is 4.79 Å². The third kappa shape index (κ3) is 1.57. The molecule has 2 fully saturated rings. The van der Waals surface area contributed by atoms with Gasteiger partial charge >= 0.3 is 5.97 Å². The Labute approximate surface area is 98.4 Å². The van der Waals surface area contributed by atoms with E-state index < -0.39 is 5.97 Å². The monoisotopic (exact) mass is 224 g/mol. The first-order valence-corrected chi connectivity index (χ1v) is 6.63. The zero-order chi connectivity index (χ0) is 12.0. The average molecular weight is 224 g/mol. The molecule has 0 aromatic carbocycles. The van der Waals surface area contributed by atoms with Crippen molar-refractivity contribution >= 4 is 5.97 Å². The molecule has 0 amide bonds. The van der Waals surface area contributed by atoms with Gasteiger partial charge in [0.25, 0.3) is 0 Å². The SMILES string of the molecule is CC1C2CCCCC2(C(=O)O)CCC1(C)C. The van der Waals surface area contributed by atoms with Crippen LogP contribution < -0.4 is 0 Å². The summed E-state index contributed by atoms with van der Waals surface area (Å²) in [4.78, 5) is 11.7. The number of carboxylic acids is 1. The van der Waals surface area contributed by atoms with Crippen LogP contribution in [0.4, 0.5) is 0 Å². The Morgan fingerprint density at radius 1 is 1.19 bits per heavy atom. The Hall–Kier alpha value is -0.530. The van der Waals surface area contributed by atoms with Crippen LogP contribution in [0.5, 0.6) is 0 Å². The minimum Gasteiger partial charge on any atom is -0.481 e. The molecule has 2 aliphatic carbocycles. The highest BCUT2D eigenvalue weighted by Gasteiger charge is 2.55. The molecule has 2 nitrogen and oxygen atoms in total. The molecule has 0 heterocycles. The quantitative estimate of drug-likeness (QED) is 0.737. The summed E-state index contributed by atoms with van der Waals surface area (Å²) >= 11 is 0. The van der Waals surface area contributed by atoms with Gasteiger partial charge in [0, 0.05) is 0 Å². The maximum Gasteiger partial charge on any atom is 0.309 e. The zero-order valence-electron chi connectivity index (χ0n) is 10.8. The summed E-state index contributed by atoms with van der Waals surface area (Å²) in [5, 5.41) is 9.61. The predicted molar refractivity (Wildman–Crippen MR) is 64.2 cm³/mol. The smallest absolute Gasteiger partial charge is 0.309 e. The first kappa shape index (κ1) is 11.9. The third-order valence-electron chi connectivity index (χ3n) is 5.58. The summed E-state index contributed by atoms with van der Waals surface area (Å²) in [5.74, 6) is 0.416. The number of hydrogen-bond donors (Lipinski definition) is 1. The summed E-state index contributed by atoms with van der Waals surface area (Å²) in [7, 11) is 0. The van der Waals surface area contributed by atoms with E-state index in [4.69, 9.17) is 0 Å². The van der Waals surface area contributed by atoms with Crippen LogP contribution in [0.1, 0.15) is 59.3 Å². The van der Waals surface area contributed by atoms with Gasteiger partial charge in [-0.2, -0.15) is 0 Å². The fraction of sp³-hybridized carbons (Fsp3) is 0.929. The fourth-order valence-corrected chi connectivity index (χ4v) is 4.00. The van der Waals surface area contributed by atoms with Gasteiger partial charge in [0.1, 0.15) is 0 Å². The van der Waals surface area contributed by atoms with Gasteiger partial charge in [0.05, 0.1) is 5.41 Å². The van der Waals surface area contributed by atoms with Crippen molar-refractivity contribution in [3.8, 4) is 0 Å². The highest BCUT2D eigenvalue weighted by atomic mass is 16.4. The summed E-state index contributed by atoms with van der Waals surface area (Å²) < 4.78 is 0. The Balaban J connectivity index is 2.32. The van der Waals surface area contributed by atoms with Crippen LogP contribution in [0, 0.1) is 22.7 Å². The van der Waals surface area contributed by atoms with E-state index in [0.717, 1.165) is 32.1 Å². The molecule has 0 aromatic heterocycles. The van der Waals surface area contributed by atoms with E-state index in [9.17, 15) is 9.90 Å². The average Bonchev–Trinajstić information content (AvgIpc) is 2.24. The second-order valence-electron chi connectivity index (χ2n) is 6.59. The minimum absolute atomic E-state index is 0.320. The number of carboxylic acid groups (broad SMARTS) is 1. The molecule has 2 rings (SSSR count). The third-order valence-corrected chi connectivity index (χ3v) is 5.58. The van der Waals surface area contributed by atoms with E-state index in [-0.39, 0.29) is 5.41 Å². The lowest BCUT2D eigenvalue weighted by Gasteiger charge is -2.54. The van der Waals surface area contributed by atoms with E-state index in [2.05, 4.69) is 20.8 Å².